The highest BCUT2D eigenvalue weighted by Crippen LogP contribution is 2.18. The number of halogens is 1. The van der Waals surface area contributed by atoms with E-state index in [2.05, 4.69) is 30.8 Å². The maximum atomic E-state index is 4.46. The molecule has 0 radical (unpaired) electrons. The summed E-state index contributed by atoms with van der Waals surface area (Å²) in [6.07, 6.45) is 1.83. The molecule has 76 valence electrons. The third-order valence-corrected chi connectivity index (χ3v) is 3.92. The van der Waals surface area contributed by atoms with Crippen molar-refractivity contribution in [2.24, 2.45) is 0 Å². The third-order valence-electron chi connectivity index (χ3n) is 2.20. The Morgan fingerprint density at radius 2 is 2.14 bits per heavy atom. The molecule has 0 saturated carbocycles. The zero-order chi connectivity index (χ0) is 9.97. The Morgan fingerprint density at radius 1 is 1.43 bits per heavy atom. The molecule has 0 aromatic carbocycles. The Labute approximate surface area is 96.4 Å². The zero-order valence-corrected chi connectivity index (χ0v) is 10.4. The van der Waals surface area contributed by atoms with E-state index in [-0.39, 0.29) is 0 Å². The summed E-state index contributed by atoms with van der Waals surface area (Å²) in [6.45, 7) is 4.12. The number of nitrogens with zero attached hydrogens (tertiary/aromatic N) is 3. The number of aromatic nitrogens is 2. The van der Waals surface area contributed by atoms with E-state index >= 15 is 0 Å². The van der Waals surface area contributed by atoms with Gasteiger partial charge in [-0.1, -0.05) is 0 Å². The van der Waals surface area contributed by atoms with E-state index in [1.807, 2.05) is 24.9 Å². The van der Waals surface area contributed by atoms with Gasteiger partial charge in [-0.2, -0.15) is 11.8 Å². The number of hydrogen-bond donors (Lipinski definition) is 0. The molecule has 2 rings (SSSR count). The SMILES string of the molecule is Cc1nc(N2CCSCC2)ncc1Br. The lowest BCUT2D eigenvalue weighted by atomic mass is 10.4. The summed E-state index contributed by atoms with van der Waals surface area (Å²) < 4.78 is 0.979. The Morgan fingerprint density at radius 3 is 2.79 bits per heavy atom. The number of rotatable bonds is 1. The monoisotopic (exact) mass is 273 g/mol. The van der Waals surface area contributed by atoms with Crippen LogP contribution in [0, 0.1) is 6.92 Å². The molecule has 1 aliphatic rings. The molecule has 1 aromatic rings. The highest BCUT2D eigenvalue weighted by molar-refractivity contribution is 9.10. The molecule has 0 unspecified atom stereocenters. The van der Waals surface area contributed by atoms with Gasteiger partial charge in [0.25, 0.3) is 0 Å². The Bertz CT molecular complexity index is 326. The molecule has 14 heavy (non-hydrogen) atoms. The van der Waals surface area contributed by atoms with Crippen LogP contribution in [0.3, 0.4) is 0 Å². The molecule has 0 aliphatic carbocycles. The number of hydrogen-bond acceptors (Lipinski definition) is 4. The predicted octanol–water partition coefficient (Wildman–Crippen LogP) is 2.10. The molecule has 1 aliphatic heterocycles. The van der Waals surface area contributed by atoms with Gasteiger partial charge in [0.05, 0.1) is 10.2 Å². The van der Waals surface area contributed by atoms with Gasteiger partial charge in [-0.15, -0.1) is 0 Å². The largest absolute Gasteiger partial charge is 0.339 e. The molecule has 0 N–H and O–H groups in total. The van der Waals surface area contributed by atoms with Crippen molar-refractivity contribution < 1.29 is 0 Å². The van der Waals surface area contributed by atoms with Gasteiger partial charge in [-0.25, -0.2) is 9.97 Å². The summed E-state index contributed by atoms with van der Waals surface area (Å²) in [5, 5.41) is 0. The van der Waals surface area contributed by atoms with Crippen molar-refractivity contribution in [1.29, 1.82) is 0 Å². The van der Waals surface area contributed by atoms with Gasteiger partial charge in [0.15, 0.2) is 0 Å². The standard InChI is InChI=1S/C9H12BrN3S/c1-7-8(10)6-11-9(12-7)13-2-4-14-5-3-13/h6H,2-5H2,1H3. The minimum atomic E-state index is 0.867. The van der Waals surface area contributed by atoms with Gasteiger partial charge in [-0.3, -0.25) is 0 Å². The summed E-state index contributed by atoms with van der Waals surface area (Å²) in [4.78, 5) is 11.0. The molecule has 1 saturated heterocycles. The van der Waals surface area contributed by atoms with Crippen molar-refractivity contribution in [2.75, 3.05) is 29.5 Å². The first kappa shape index (κ1) is 10.2. The second kappa shape index (κ2) is 4.49. The predicted molar refractivity (Wildman–Crippen MR) is 64.0 cm³/mol. The van der Waals surface area contributed by atoms with Crippen molar-refractivity contribution in [2.45, 2.75) is 6.92 Å². The van der Waals surface area contributed by atoms with E-state index in [1.54, 1.807) is 0 Å². The first-order chi connectivity index (χ1) is 6.77. The quantitative estimate of drug-likeness (QED) is 0.784. The summed E-state index contributed by atoms with van der Waals surface area (Å²) >= 11 is 5.40. The molecular weight excluding hydrogens is 262 g/mol. The van der Waals surface area contributed by atoms with Crippen LogP contribution in [0.25, 0.3) is 0 Å². The highest BCUT2D eigenvalue weighted by atomic mass is 79.9. The first-order valence-electron chi connectivity index (χ1n) is 4.59. The lowest BCUT2D eigenvalue weighted by Gasteiger charge is -2.26. The average molecular weight is 274 g/mol. The lowest BCUT2D eigenvalue weighted by molar-refractivity contribution is 0.809. The van der Waals surface area contributed by atoms with E-state index in [1.165, 1.54) is 11.5 Å². The van der Waals surface area contributed by atoms with E-state index < -0.39 is 0 Å². The molecule has 3 nitrogen and oxygen atoms in total. The molecule has 2 heterocycles. The zero-order valence-electron chi connectivity index (χ0n) is 8.03. The smallest absolute Gasteiger partial charge is 0.225 e. The maximum Gasteiger partial charge on any atom is 0.225 e. The molecule has 1 aromatic heterocycles. The fourth-order valence-electron chi connectivity index (χ4n) is 1.36. The second-order valence-corrected chi connectivity index (χ2v) is 5.28. The highest BCUT2D eigenvalue weighted by Gasteiger charge is 2.13. The van der Waals surface area contributed by atoms with Gasteiger partial charge >= 0.3 is 0 Å². The van der Waals surface area contributed by atoms with Gasteiger partial charge in [0.2, 0.25) is 5.95 Å². The topological polar surface area (TPSA) is 29.0 Å². The van der Waals surface area contributed by atoms with Crippen LogP contribution >= 0.6 is 27.7 Å². The van der Waals surface area contributed by atoms with Crippen LogP contribution in [0.4, 0.5) is 5.95 Å². The first-order valence-corrected chi connectivity index (χ1v) is 6.54. The van der Waals surface area contributed by atoms with Crippen LogP contribution in [0.1, 0.15) is 5.69 Å². The van der Waals surface area contributed by atoms with E-state index in [0.29, 0.717) is 0 Å². The van der Waals surface area contributed by atoms with E-state index in [9.17, 15) is 0 Å². The average Bonchev–Trinajstić information content (AvgIpc) is 2.23. The number of aryl methyl sites for hydroxylation is 1. The van der Waals surface area contributed by atoms with Crippen LogP contribution < -0.4 is 4.90 Å². The van der Waals surface area contributed by atoms with Crippen molar-refractivity contribution >= 4 is 33.6 Å². The van der Waals surface area contributed by atoms with Gasteiger partial charge in [0.1, 0.15) is 0 Å². The summed E-state index contributed by atoms with van der Waals surface area (Å²) in [6, 6.07) is 0. The van der Waals surface area contributed by atoms with E-state index in [0.717, 1.165) is 29.2 Å². The molecule has 5 heteroatoms. The molecule has 0 amide bonds. The third kappa shape index (κ3) is 2.20. The van der Waals surface area contributed by atoms with Gasteiger partial charge in [-0.05, 0) is 22.9 Å². The van der Waals surface area contributed by atoms with Crippen LogP contribution in [0.15, 0.2) is 10.7 Å². The van der Waals surface area contributed by atoms with Crippen LogP contribution in [-0.4, -0.2) is 34.6 Å². The maximum absolute atomic E-state index is 4.46. The summed E-state index contributed by atoms with van der Waals surface area (Å²) in [5.41, 5.74) is 1.01. The van der Waals surface area contributed by atoms with E-state index in [4.69, 9.17) is 0 Å². The van der Waals surface area contributed by atoms with Crippen molar-refractivity contribution in [1.82, 2.24) is 9.97 Å². The Kier molecular flexibility index (Phi) is 3.28. The molecule has 1 fully saturated rings. The molecule has 0 spiro atoms. The van der Waals surface area contributed by atoms with Crippen molar-refractivity contribution in [3.8, 4) is 0 Å². The molecule has 0 bridgehead atoms. The number of anilines is 1. The van der Waals surface area contributed by atoms with Crippen molar-refractivity contribution in [3.63, 3.8) is 0 Å². The minimum Gasteiger partial charge on any atom is -0.339 e. The molecule has 0 atom stereocenters. The summed E-state index contributed by atoms with van der Waals surface area (Å²) in [7, 11) is 0. The number of thioether (sulfide) groups is 1. The Hall–Kier alpha value is -0.290. The Balaban J connectivity index is 2.18. The van der Waals surface area contributed by atoms with Crippen molar-refractivity contribution in [3.05, 3.63) is 16.4 Å². The fraction of sp³-hybridized carbons (Fsp3) is 0.556. The lowest BCUT2D eigenvalue weighted by Crippen LogP contribution is -2.33. The van der Waals surface area contributed by atoms with Crippen LogP contribution in [-0.2, 0) is 0 Å². The van der Waals surface area contributed by atoms with Gasteiger partial charge in [0, 0.05) is 30.8 Å². The van der Waals surface area contributed by atoms with Gasteiger partial charge < -0.3 is 4.90 Å². The normalized spacial score (nSPS) is 17.1. The van der Waals surface area contributed by atoms with Crippen LogP contribution in [0.5, 0.6) is 0 Å². The minimum absolute atomic E-state index is 0.867. The second-order valence-electron chi connectivity index (χ2n) is 3.20. The summed E-state index contributed by atoms with van der Waals surface area (Å²) in [5.74, 6) is 3.22. The fourth-order valence-corrected chi connectivity index (χ4v) is 2.45. The van der Waals surface area contributed by atoms with Crippen LogP contribution in [0.2, 0.25) is 0 Å². The molecular formula is C9H12BrN3S.